The lowest BCUT2D eigenvalue weighted by Gasteiger charge is -2.58. The quantitative estimate of drug-likeness (QED) is 0.272. The van der Waals surface area contributed by atoms with Crippen LogP contribution in [0, 0.1) is 28.6 Å². The lowest BCUT2D eigenvalue weighted by molar-refractivity contribution is -0.159. The first-order valence-electron chi connectivity index (χ1n) is 14.3. The third kappa shape index (κ3) is 4.87. The van der Waals surface area contributed by atoms with Crippen LogP contribution in [0.2, 0.25) is 0 Å². The van der Waals surface area contributed by atoms with Gasteiger partial charge in [-0.3, -0.25) is 9.59 Å². The zero-order chi connectivity index (χ0) is 27.1. The maximum Gasteiger partial charge on any atom is 0.310 e. The molecule has 1 aromatic rings. The molecule has 0 aromatic heterocycles. The van der Waals surface area contributed by atoms with E-state index < -0.39 is 0 Å². The summed E-state index contributed by atoms with van der Waals surface area (Å²) in [6.07, 6.45) is 9.57. The van der Waals surface area contributed by atoms with Gasteiger partial charge in [0.25, 0.3) is 0 Å². The molecule has 5 nitrogen and oxygen atoms in total. The summed E-state index contributed by atoms with van der Waals surface area (Å²) in [5.41, 5.74) is 3.39. The molecule has 1 heterocycles. The smallest absolute Gasteiger partial charge is 0.310 e. The standard InChI is InChI=1S/C31H42Cl2N2O3/c1-30-15-13-28(36)34(3)26(30)10-8-23-24-9-11-27(31(24,2)14-12-25(23)30)38-29(37)20-21-4-6-22(7-5-21)35(18-16-32)19-17-33/h4-7,10,23-25,27H,8-9,11-20H2,1-3H3/t23-,24-,25-,27-,30+,31-/m0/s1. The highest BCUT2D eigenvalue weighted by Crippen LogP contribution is 2.64. The molecule has 38 heavy (non-hydrogen) atoms. The number of ether oxygens (including phenoxy) is 1. The van der Waals surface area contributed by atoms with Crippen molar-refractivity contribution < 1.29 is 14.3 Å². The van der Waals surface area contributed by atoms with Gasteiger partial charge in [0, 0.05) is 60.5 Å². The van der Waals surface area contributed by atoms with Crippen LogP contribution in [0.3, 0.4) is 0 Å². The highest BCUT2D eigenvalue weighted by molar-refractivity contribution is 6.18. The van der Waals surface area contributed by atoms with Gasteiger partial charge in [-0.25, -0.2) is 0 Å². The van der Waals surface area contributed by atoms with Gasteiger partial charge in [0.1, 0.15) is 6.10 Å². The Morgan fingerprint density at radius 2 is 1.76 bits per heavy atom. The number of benzene rings is 1. The second kappa shape index (κ2) is 11.0. The fourth-order valence-corrected chi connectivity index (χ4v) is 8.90. The molecule has 1 amide bonds. The van der Waals surface area contributed by atoms with Crippen LogP contribution >= 0.6 is 23.2 Å². The predicted molar refractivity (Wildman–Crippen MR) is 154 cm³/mol. The first-order chi connectivity index (χ1) is 18.2. The van der Waals surface area contributed by atoms with E-state index in [1.54, 1.807) is 0 Å². The number of nitrogens with zero attached hydrogens (tertiary/aromatic N) is 2. The van der Waals surface area contributed by atoms with Gasteiger partial charge in [-0.2, -0.15) is 0 Å². The van der Waals surface area contributed by atoms with Crippen molar-refractivity contribution in [1.82, 2.24) is 4.90 Å². The van der Waals surface area contributed by atoms with Crippen LogP contribution in [-0.4, -0.2) is 54.8 Å². The van der Waals surface area contributed by atoms with Crippen molar-refractivity contribution in [3.8, 4) is 0 Å². The Hall–Kier alpha value is -1.72. The zero-order valence-electron chi connectivity index (χ0n) is 23.1. The minimum absolute atomic E-state index is 0.0167. The van der Waals surface area contributed by atoms with E-state index in [0.717, 1.165) is 62.9 Å². The number of piperidine rings is 1. The highest BCUT2D eigenvalue weighted by atomic mass is 35.5. The van der Waals surface area contributed by atoms with Gasteiger partial charge >= 0.3 is 5.97 Å². The summed E-state index contributed by atoms with van der Waals surface area (Å²) in [5.74, 6) is 2.96. The van der Waals surface area contributed by atoms with Gasteiger partial charge in [0.2, 0.25) is 5.91 Å². The van der Waals surface area contributed by atoms with Crippen molar-refractivity contribution in [1.29, 1.82) is 0 Å². The molecule has 7 heteroatoms. The van der Waals surface area contributed by atoms with Gasteiger partial charge in [-0.1, -0.05) is 32.1 Å². The molecule has 6 atom stereocenters. The van der Waals surface area contributed by atoms with Crippen LogP contribution in [0.5, 0.6) is 0 Å². The molecule has 2 saturated carbocycles. The van der Waals surface area contributed by atoms with Crippen molar-refractivity contribution in [2.75, 3.05) is 36.8 Å². The SMILES string of the molecule is CN1C(=O)CC[C@@]2(C)C1=CC[C@H]1[C@@H]3CC[C@H](OC(=O)Cc4ccc(N(CCCl)CCCl)cc4)[C@@]3(C)CC[C@@H]12. The number of amides is 1. The maximum absolute atomic E-state index is 13.1. The first kappa shape index (κ1) is 27.8. The number of carbonyl (C=O) groups is 2. The number of fused-ring (bicyclic) bond motifs is 5. The molecule has 1 aromatic carbocycles. The van der Waals surface area contributed by atoms with Gasteiger partial charge in [-0.15, -0.1) is 23.2 Å². The van der Waals surface area contributed by atoms with E-state index in [-0.39, 0.29) is 28.8 Å². The Morgan fingerprint density at radius 3 is 2.45 bits per heavy atom. The minimum Gasteiger partial charge on any atom is -0.462 e. The van der Waals surface area contributed by atoms with E-state index in [4.69, 9.17) is 27.9 Å². The van der Waals surface area contributed by atoms with Gasteiger partial charge < -0.3 is 14.5 Å². The molecule has 1 aliphatic heterocycles. The summed E-state index contributed by atoms with van der Waals surface area (Å²) in [6, 6.07) is 8.10. The Balaban J connectivity index is 1.23. The Morgan fingerprint density at radius 1 is 1.05 bits per heavy atom. The fraction of sp³-hybridized carbons (Fsp3) is 0.677. The summed E-state index contributed by atoms with van der Waals surface area (Å²) >= 11 is 11.9. The van der Waals surface area contributed by atoms with Crippen LogP contribution < -0.4 is 4.90 Å². The van der Waals surface area contributed by atoms with Gasteiger partial charge in [-0.05, 0) is 74.0 Å². The van der Waals surface area contributed by atoms with Crippen LogP contribution in [0.25, 0.3) is 0 Å². The molecule has 0 radical (unpaired) electrons. The molecule has 0 N–H and O–H groups in total. The molecular formula is C31H42Cl2N2O3. The van der Waals surface area contributed by atoms with Crippen LogP contribution in [0.1, 0.15) is 64.4 Å². The number of alkyl halides is 2. The topological polar surface area (TPSA) is 49.9 Å². The lowest BCUT2D eigenvalue weighted by Crippen LogP contribution is -2.54. The summed E-state index contributed by atoms with van der Waals surface area (Å²) in [4.78, 5) is 29.5. The summed E-state index contributed by atoms with van der Waals surface area (Å²) in [5, 5.41) is 0. The van der Waals surface area contributed by atoms with E-state index in [9.17, 15) is 9.59 Å². The molecule has 0 unspecified atom stereocenters. The normalized spacial score (nSPS) is 34.2. The van der Waals surface area contributed by atoms with Crippen LogP contribution in [0.15, 0.2) is 36.0 Å². The lowest BCUT2D eigenvalue weighted by atomic mass is 9.49. The summed E-state index contributed by atoms with van der Waals surface area (Å²) in [6.45, 7) is 6.24. The highest BCUT2D eigenvalue weighted by Gasteiger charge is 2.60. The second-order valence-corrected chi connectivity index (χ2v) is 13.1. The second-order valence-electron chi connectivity index (χ2n) is 12.4. The number of esters is 1. The van der Waals surface area contributed by atoms with E-state index >= 15 is 0 Å². The number of halogens is 2. The average Bonchev–Trinajstić information content (AvgIpc) is 3.23. The molecule has 1 saturated heterocycles. The third-order valence-corrected chi connectivity index (χ3v) is 10.9. The van der Waals surface area contributed by atoms with E-state index in [1.807, 2.05) is 36.2 Å². The van der Waals surface area contributed by atoms with E-state index in [0.29, 0.717) is 42.4 Å². The molecule has 208 valence electrons. The maximum atomic E-state index is 13.1. The summed E-state index contributed by atoms with van der Waals surface area (Å²) in [7, 11) is 1.95. The van der Waals surface area contributed by atoms with Gasteiger partial charge in [0.05, 0.1) is 6.42 Å². The Kier molecular flexibility index (Phi) is 8.09. The molecule has 0 spiro atoms. The van der Waals surface area contributed by atoms with Crippen LogP contribution in [-0.2, 0) is 20.7 Å². The van der Waals surface area contributed by atoms with Crippen molar-refractivity contribution in [2.45, 2.75) is 71.3 Å². The van der Waals surface area contributed by atoms with Crippen molar-refractivity contribution in [2.24, 2.45) is 28.6 Å². The molecule has 4 aliphatic rings. The minimum atomic E-state index is -0.129. The number of anilines is 1. The van der Waals surface area contributed by atoms with Crippen molar-refractivity contribution in [3.05, 3.63) is 41.6 Å². The molecular weight excluding hydrogens is 519 g/mol. The molecule has 0 bridgehead atoms. The summed E-state index contributed by atoms with van der Waals surface area (Å²) < 4.78 is 6.23. The zero-order valence-corrected chi connectivity index (χ0v) is 24.6. The number of carbonyl (C=O) groups excluding carboxylic acids is 2. The first-order valence-corrected chi connectivity index (χ1v) is 15.4. The number of hydrogen-bond acceptors (Lipinski definition) is 4. The van der Waals surface area contributed by atoms with E-state index in [2.05, 4.69) is 24.8 Å². The van der Waals surface area contributed by atoms with Crippen LogP contribution in [0.4, 0.5) is 5.69 Å². The number of likely N-dealkylation sites (tertiary alicyclic amines) is 1. The van der Waals surface area contributed by atoms with Gasteiger partial charge in [0.15, 0.2) is 0 Å². The largest absolute Gasteiger partial charge is 0.462 e. The van der Waals surface area contributed by atoms with Crippen molar-refractivity contribution >= 4 is 40.8 Å². The monoisotopic (exact) mass is 560 g/mol. The Bertz CT molecular complexity index is 1070. The molecule has 3 aliphatic carbocycles. The predicted octanol–water partition coefficient (Wildman–Crippen LogP) is 6.41. The Labute approximate surface area is 237 Å². The fourth-order valence-electron chi connectivity index (χ4n) is 8.49. The van der Waals surface area contributed by atoms with E-state index in [1.165, 1.54) is 5.70 Å². The van der Waals surface area contributed by atoms with Crippen molar-refractivity contribution in [3.63, 3.8) is 0 Å². The number of allylic oxidation sites excluding steroid dienone is 2. The number of hydrogen-bond donors (Lipinski definition) is 0. The average molecular weight is 562 g/mol. The molecule has 5 rings (SSSR count). The molecule has 3 fully saturated rings. The number of rotatable bonds is 8. The third-order valence-electron chi connectivity index (χ3n) is 10.6.